The van der Waals surface area contributed by atoms with Crippen molar-refractivity contribution in [2.75, 3.05) is 43.1 Å². The SMILES string of the molecule is NCCOc1ccc2c(c1Cl)CC(NCCCC1CN(c3ccc4c(n3)NC(=O)CO4)C(=O)O1)C2. The van der Waals surface area contributed by atoms with Gasteiger partial charge in [0.15, 0.2) is 18.2 Å². The predicted molar refractivity (Wildman–Crippen MR) is 130 cm³/mol. The van der Waals surface area contributed by atoms with Crippen molar-refractivity contribution in [3.05, 3.63) is 40.4 Å². The number of halogens is 1. The minimum Gasteiger partial charge on any atom is -0.491 e. The van der Waals surface area contributed by atoms with Gasteiger partial charge in [-0.15, -0.1) is 0 Å². The second-order valence-electron chi connectivity index (χ2n) is 8.82. The van der Waals surface area contributed by atoms with E-state index >= 15 is 0 Å². The third-order valence-electron chi connectivity index (χ3n) is 6.34. The average Bonchev–Trinajstić information content (AvgIpc) is 3.44. The lowest BCUT2D eigenvalue weighted by atomic mass is 10.1. The second kappa shape index (κ2) is 10.3. The monoisotopic (exact) mass is 501 g/mol. The Morgan fingerprint density at radius 2 is 2.14 bits per heavy atom. The lowest BCUT2D eigenvalue weighted by Gasteiger charge is -2.19. The first-order chi connectivity index (χ1) is 17.0. The van der Waals surface area contributed by atoms with Crippen LogP contribution < -0.4 is 30.7 Å². The second-order valence-corrected chi connectivity index (χ2v) is 9.20. The van der Waals surface area contributed by atoms with Crippen molar-refractivity contribution in [1.82, 2.24) is 10.3 Å². The van der Waals surface area contributed by atoms with E-state index in [1.165, 1.54) is 10.5 Å². The molecule has 2 aromatic rings. The predicted octanol–water partition coefficient (Wildman–Crippen LogP) is 2.27. The molecule has 0 bridgehead atoms. The molecular weight excluding hydrogens is 474 g/mol. The van der Waals surface area contributed by atoms with E-state index in [1.54, 1.807) is 12.1 Å². The van der Waals surface area contributed by atoms with Gasteiger partial charge in [0, 0.05) is 12.6 Å². The van der Waals surface area contributed by atoms with Gasteiger partial charge in [0.05, 0.1) is 11.6 Å². The van der Waals surface area contributed by atoms with Gasteiger partial charge in [-0.2, -0.15) is 0 Å². The molecule has 0 spiro atoms. The Labute approximate surface area is 208 Å². The quantitative estimate of drug-likeness (QED) is 0.446. The van der Waals surface area contributed by atoms with E-state index in [0.29, 0.717) is 53.9 Å². The van der Waals surface area contributed by atoms with E-state index in [2.05, 4.69) is 21.7 Å². The number of nitrogens with one attached hydrogen (secondary N) is 2. The molecule has 1 aromatic heterocycles. The van der Waals surface area contributed by atoms with Crippen molar-refractivity contribution in [3.8, 4) is 11.5 Å². The number of ether oxygens (including phenoxy) is 3. The zero-order valence-electron chi connectivity index (χ0n) is 19.2. The summed E-state index contributed by atoms with van der Waals surface area (Å²) in [7, 11) is 0. The number of pyridine rings is 1. The zero-order valence-corrected chi connectivity index (χ0v) is 20.0. The van der Waals surface area contributed by atoms with Crippen LogP contribution in [0.5, 0.6) is 11.5 Å². The lowest BCUT2D eigenvalue weighted by molar-refractivity contribution is -0.118. The highest BCUT2D eigenvalue weighted by Gasteiger charge is 2.34. The molecule has 4 N–H and O–H groups in total. The van der Waals surface area contributed by atoms with Gasteiger partial charge < -0.3 is 30.6 Å². The number of anilines is 2. The number of aromatic nitrogens is 1. The van der Waals surface area contributed by atoms with Gasteiger partial charge in [0.1, 0.15) is 24.3 Å². The van der Waals surface area contributed by atoms with Crippen molar-refractivity contribution >= 4 is 35.2 Å². The number of amides is 2. The van der Waals surface area contributed by atoms with Crippen molar-refractivity contribution < 1.29 is 23.8 Å². The maximum atomic E-state index is 12.4. The van der Waals surface area contributed by atoms with E-state index in [1.807, 2.05) is 6.07 Å². The number of hydrogen-bond donors (Lipinski definition) is 3. The molecule has 2 aliphatic heterocycles. The van der Waals surface area contributed by atoms with Crippen molar-refractivity contribution in [3.63, 3.8) is 0 Å². The van der Waals surface area contributed by atoms with Gasteiger partial charge in [-0.3, -0.25) is 9.69 Å². The fourth-order valence-electron chi connectivity index (χ4n) is 4.66. The van der Waals surface area contributed by atoms with Gasteiger partial charge in [0.25, 0.3) is 5.91 Å². The van der Waals surface area contributed by atoms with Crippen LogP contribution in [0.2, 0.25) is 5.02 Å². The maximum Gasteiger partial charge on any atom is 0.415 e. The summed E-state index contributed by atoms with van der Waals surface area (Å²) >= 11 is 6.55. The number of carbonyl (C=O) groups is 2. The van der Waals surface area contributed by atoms with Crippen LogP contribution in [0.25, 0.3) is 0 Å². The first-order valence-electron chi connectivity index (χ1n) is 11.8. The molecule has 2 unspecified atom stereocenters. The van der Waals surface area contributed by atoms with Crippen LogP contribution in [0.4, 0.5) is 16.4 Å². The number of nitrogens with zero attached hydrogens (tertiary/aromatic N) is 2. The highest BCUT2D eigenvalue weighted by molar-refractivity contribution is 6.33. The Hall–Kier alpha value is -3.08. The van der Waals surface area contributed by atoms with Crippen LogP contribution in [0.1, 0.15) is 24.0 Å². The van der Waals surface area contributed by atoms with Crippen LogP contribution in [-0.2, 0) is 22.4 Å². The molecule has 10 nitrogen and oxygen atoms in total. The van der Waals surface area contributed by atoms with E-state index in [9.17, 15) is 9.59 Å². The molecule has 2 atom stereocenters. The summed E-state index contributed by atoms with van der Waals surface area (Å²) in [6.45, 7) is 2.07. The molecule has 186 valence electrons. The van der Waals surface area contributed by atoms with Crippen LogP contribution in [0, 0.1) is 0 Å². The van der Waals surface area contributed by atoms with E-state index in [4.69, 9.17) is 31.5 Å². The molecule has 1 aliphatic carbocycles. The molecule has 1 aromatic carbocycles. The molecule has 0 saturated carbocycles. The third kappa shape index (κ3) is 5.14. The standard InChI is InChI=1S/C24H28ClN5O5/c25-22-17-11-15(10-14(17)3-4-18(22)33-9-7-26)27-8-1-2-16-12-30(24(32)35-16)20-6-5-19-23(28-20)29-21(31)13-34-19/h3-6,15-16,27H,1-2,7-13,26H2,(H,28,29,31). The number of cyclic esters (lactones) is 1. The maximum absolute atomic E-state index is 12.4. The molecule has 1 fully saturated rings. The summed E-state index contributed by atoms with van der Waals surface area (Å²) in [5, 5.41) is 6.93. The highest BCUT2D eigenvalue weighted by Crippen LogP contribution is 2.36. The molecule has 11 heteroatoms. The fourth-order valence-corrected chi connectivity index (χ4v) is 4.98. The van der Waals surface area contributed by atoms with Crippen molar-refractivity contribution in [1.29, 1.82) is 0 Å². The van der Waals surface area contributed by atoms with Gasteiger partial charge in [0.2, 0.25) is 0 Å². The zero-order chi connectivity index (χ0) is 24.4. The minimum atomic E-state index is -0.438. The Morgan fingerprint density at radius 3 is 3.00 bits per heavy atom. The first kappa shape index (κ1) is 23.7. The summed E-state index contributed by atoms with van der Waals surface area (Å²) < 4.78 is 16.5. The van der Waals surface area contributed by atoms with Gasteiger partial charge in [-0.25, -0.2) is 9.78 Å². The van der Waals surface area contributed by atoms with Gasteiger partial charge in [-0.1, -0.05) is 17.7 Å². The summed E-state index contributed by atoms with van der Waals surface area (Å²) in [6, 6.07) is 7.69. The third-order valence-corrected chi connectivity index (χ3v) is 6.76. The summed E-state index contributed by atoms with van der Waals surface area (Å²) in [6.07, 6.45) is 2.71. The minimum absolute atomic E-state index is 0.0415. The van der Waals surface area contributed by atoms with E-state index in [-0.39, 0.29) is 18.6 Å². The first-order valence-corrected chi connectivity index (χ1v) is 12.2. The molecule has 5 rings (SSSR count). The topological polar surface area (TPSA) is 128 Å². The van der Waals surface area contributed by atoms with Gasteiger partial charge in [-0.05, 0) is 61.6 Å². The van der Waals surface area contributed by atoms with Crippen LogP contribution in [0.3, 0.4) is 0 Å². The number of fused-ring (bicyclic) bond motifs is 2. The van der Waals surface area contributed by atoms with E-state index in [0.717, 1.165) is 37.8 Å². The molecule has 3 aliphatic rings. The van der Waals surface area contributed by atoms with Crippen LogP contribution in [-0.4, -0.2) is 62.0 Å². The highest BCUT2D eigenvalue weighted by atomic mass is 35.5. The number of nitrogens with two attached hydrogens (primary N) is 1. The Bertz CT molecular complexity index is 1130. The summed E-state index contributed by atoms with van der Waals surface area (Å²) in [5.41, 5.74) is 7.90. The molecule has 1 saturated heterocycles. The number of carbonyl (C=O) groups excluding carboxylic acids is 2. The molecular formula is C24H28ClN5O5. The smallest absolute Gasteiger partial charge is 0.415 e. The fraction of sp³-hybridized carbons (Fsp3) is 0.458. The van der Waals surface area contributed by atoms with Crippen molar-refractivity contribution in [2.45, 2.75) is 37.8 Å². The number of rotatable bonds is 9. The molecule has 0 radical (unpaired) electrons. The van der Waals surface area contributed by atoms with Crippen LogP contribution in [0.15, 0.2) is 24.3 Å². The number of hydrogen-bond acceptors (Lipinski definition) is 8. The molecule has 2 amide bonds. The van der Waals surface area contributed by atoms with Gasteiger partial charge >= 0.3 is 6.09 Å². The lowest BCUT2D eigenvalue weighted by Crippen LogP contribution is -2.31. The Balaban J connectivity index is 1.08. The van der Waals surface area contributed by atoms with Crippen LogP contribution >= 0.6 is 11.6 Å². The average molecular weight is 502 g/mol. The number of benzene rings is 1. The Morgan fingerprint density at radius 1 is 1.26 bits per heavy atom. The van der Waals surface area contributed by atoms with Crippen molar-refractivity contribution in [2.24, 2.45) is 5.73 Å². The molecule has 3 heterocycles. The summed E-state index contributed by atoms with van der Waals surface area (Å²) in [5.74, 6) is 1.64. The Kier molecular flexibility index (Phi) is 6.94. The van der Waals surface area contributed by atoms with E-state index < -0.39 is 6.09 Å². The largest absolute Gasteiger partial charge is 0.491 e. The molecule has 35 heavy (non-hydrogen) atoms. The summed E-state index contributed by atoms with van der Waals surface area (Å²) in [4.78, 5) is 29.8. The normalized spacial score (nSPS) is 20.7.